The van der Waals surface area contributed by atoms with E-state index in [-0.39, 0.29) is 18.9 Å². The van der Waals surface area contributed by atoms with Crippen molar-refractivity contribution < 1.29 is 27.5 Å². The summed E-state index contributed by atoms with van der Waals surface area (Å²) in [5.74, 6) is -0.260. The highest BCUT2D eigenvalue weighted by molar-refractivity contribution is 7.88. The minimum Gasteiger partial charge on any atom is -0.493 e. The largest absolute Gasteiger partial charge is 0.493 e. The molecule has 0 heterocycles. The molecule has 10 heteroatoms. The second-order valence-electron chi connectivity index (χ2n) is 7.36. The molecule has 0 aliphatic carbocycles. The van der Waals surface area contributed by atoms with Crippen molar-refractivity contribution in [1.29, 1.82) is 0 Å². The number of rotatable bonds is 12. The summed E-state index contributed by atoms with van der Waals surface area (Å²) < 4.78 is 37.9. The van der Waals surface area contributed by atoms with E-state index in [2.05, 4.69) is 0 Å². The van der Waals surface area contributed by atoms with Gasteiger partial charge in [0.1, 0.15) is 0 Å². The van der Waals surface area contributed by atoms with Gasteiger partial charge >= 0.3 is 10.2 Å². The zero-order valence-corrected chi connectivity index (χ0v) is 20.2. The van der Waals surface area contributed by atoms with Crippen molar-refractivity contribution in [1.82, 2.24) is 14.3 Å². The Morgan fingerprint density at radius 3 is 2.24 bits per heavy atom. The van der Waals surface area contributed by atoms with Crippen molar-refractivity contribution >= 4 is 22.0 Å². The van der Waals surface area contributed by atoms with Crippen molar-refractivity contribution in [3.63, 3.8) is 0 Å². The van der Waals surface area contributed by atoms with Crippen molar-refractivity contribution in [3.8, 4) is 11.5 Å². The Labute approximate surface area is 195 Å². The maximum Gasteiger partial charge on any atom is 0.301 e. The molecular weight excluding hydrogens is 446 g/mol. The topological polar surface area (TPSA) is 114 Å². The van der Waals surface area contributed by atoms with E-state index < -0.39 is 16.1 Å². The van der Waals surface area contributed by atoms with Crippen LogP contribution in [0.1, 0.15) is 34.3 Å². The molecule has 2 rings (SSSR count). The van der Waals surface area contributed by atoms with Gasteiger partial charge in [-0.3, -0.25) is 9.59 Å². The van der Waals surface area contributed by atoms with E-state index in [0.29, 0.717) is 30.0 Å². The molecule has 180 valence electrons. The summed E-state index contributed by atoms with van der Waals surface area (Å²) in [6, 6.07) is 13.3. The van der Waals surface area contributed by atoms with Gasteiger partial charge in [-0.1, -0.05) is 36.4 Å². The first-order chi connectivity index (χ1) is 15.7. The van der Waals surface area contributed by atoms with Crippen LogP contribution in [-0.2, 0) is 21.4 Å². The molecule has 0 radical (unpaired) electrons. The molecule has 2 aromatic carbocycles. The number of carbonyl (C=O) groups excluding carboxylic acids is 2. The first-order valence-electron chi connectivity index (χ1n) is 10.5. The van der Waals surface area contributed by atoms with Crippen LogP contribution in [-0.4, -0.2) is 59.5 Å². The van der Waals surface area contributed by atoms with Crippen LogP contribution >= 0.6 is 0 Å². The molecular formula is C23H31N3O6S. The molecule has 33 heavy (non-hydrogen) atoms. The highest BCUT2D eigenvalue weighted by Gasteiger charge is 2.24. The first-order valence-corrected chi connectivity index (χ1v) is 12.0. The maximum atomic E-state index is 13.4. The van der Waals surface area contributed by atoms with E-state index >= 15 is 0 Å². The Morgan fingerprint density at radius 2 is 1.64 bits per heavy atom. The Balaban J connectivity index is 2.21. The zero-order chi connectivity index (χ0) is 24.4. The van der Waals surface area contributed by atoms with Crippen LogP contribution in [0.25, 0.3) is 0 Å². The predicted octanol–water partition coefficient (Wildman–Crippen LogP) is 2.06. The number of ether oxygens (including phenoxy) is 2. The lowest BCUT2D eigenvalue weighted by Gasteiger charge is -2.24. The molecule has 0 spiro atoms. The molecule has 9 nitrogen and oxygen atoms in total. The average Bonchev–Trinajstić information content (AvgIpc) is 2.80. The van der Waals surface area contributed by atoms with Gasteiger partial charge in [0, 0.05) is 26.6 Å². The summed E-state index contributed by atoms with van der Waals surface area (Å²) >= 11 is 0. The first kappa shape index (κ1) is 26.1. The standard InChI is InChI=1S/C23H31N3O6S/c1-17-12-13-19(22(32-4)21(17)31-3)23(28)26(15-8-11-18-9-6-5-7-10-18)16-14-20(27)25-33(29,30)24-2/h5-7,9-10,12-13,24H,8,11,14-16H2,1-4H3,(H,25,27). The smallest absolute Gasteiger partial charge is 0.301 e. The van der Waals surface area contributed by atoms with Crippen molar-refractivity contribution in [2.24, 2.45) is 0 Å². The van der Waals surface area contributed by atoms with Crippen LogP contribution in [0.3, 0.4) is 0 Å². The van der Waals surface area contributed by atoms with E-state index in [1.807, 2.05) is 46.7 Å². The molecule has 0 aliphatic rings. The third-order valence-corrected chi connectivity index (χ3v) is 6.13. The lowest BCUT2D eigenvalue weighted by Crippen LogP contribution is -2.41. The summed E-state index contributed by atoms with van der Waals surface area (Å²) in [5, 5.41) is 0. The van der Waals surface area contributed by atoms with Gasteiger partial charge in [0.25, 0.3) is 5.91 Å². The molecule has 2 N–H and O–H groups in total. The Bertz CT molecular complexity index is 1060. The van der Waals surface area contributed by atoms with Crippen molar-refractivity contribution in [2.45, 2.75) is 26.2 Å². The summed E-state index contributed by atoms with van der Waals surface area (Å²) in [4.78, 5) is 27.1. The molecule has 0 saturated carbocycles. The number of amides is 2. The molecule has 0 bridgehead atoms. The second-order valence-corrected chi connectivity index (χ2v) is 8.98. The van der Waals surface area contributed by atoms with Gasteiger partial charge in [-0.15, -0.1) is 0 Å². The SMILES string of the molecule is CNS(=O)(=O)NC(=O)CCN(CCCc1ccccc1)C(=O)c1ccc(C)c(OC)c1OC. The highest BCUT2D eigenvalue weighted by atomic mass is 32.2. The van der Waals surface area contributed by atoms with Gasteiger partial charge < -0.3 is 14.4 Å². The van der Waals surface area contributed by atoms with E-state index in [1.165, 1.54) is 26.2 Å². The van der Waals surface area contributed by atoms with Gasteiger partial charge in [-0.25, -0.2) is 9.44 Å². The molecule has 0 atom stereocenters. The van der Waals surface area contributed by atoms with Gasteiger partial charge in [0.2, 0.25) is 5.91 Å². The van der Waals surface area contributed by atoms with Crippen molar-refractivity contribution in [2.75, 3.05) is 34.4 Å². The van der Waals surface area contributed by atoms with Crippen LogP contribution in [0, 0.1) is 6.92 Å². The highest BCUT2D eigenvalue weighted by Crippen LogP contribution is 2.35. The normalized spacial score (nSPS) is 11.0. The molecule has 2 amide bonds. The number of hydrogen-bond donors (Lipinski definition) is 2. The quantitative estimate of drug-likeness (QED) is 0.484. The lowest BCUT2D eigenvalue weighted by atomic mass is 10.1. The van der Waals surface area contributed by atoms with Crippen LogP contribution in [0.4, 0.5) is 0 Å². The Morgan fingerprint density at radius 1 is 0.970 bits per heavy atom. The van der Waals surface area contributed by atoms with Gasteiger partial charge in [0.15, 0.2) is 11.5 Å². The maximum absolute atomic E-state index is 13.4. The predicted molar refractivity (Wildman–Crippen MR) is 126 cm³/mol. The number of carbonyl (C=O) groups is 2. The van der Waals surface area contributed by atoms with Gasteiger partial charge in [-0.05, 0) is 37.0 Å². The zero-order valence-electron chi connectivity index (χ0n) is 19.4. The fraction of sp³-hybridized carbons (Fsp3) is 0.391. The van der Waals surface area contributed by atoms with Crippen LogP contribution in [0.2, 0.25) is 0 Å². The Kier molecular flexibility index (Phi) is 9.68. The van der Waals surface area contributed by atoms with Gasteiger partial charge in [-0.2, -0.15) is 8.42 Å². The number of methoxy groups -OCH3 is 2. The summed E-state index contributed by atoms with van der Waals surface area (Å²) in [5.41, 5.74) is 2.26. The van der Waals surface area contributed by atoms with Gasteiger partial charge in [0.05, 0.1) is 19.8 Å². The number of nitrogens with zero attached hydrogens (tertiary/aromatic N) is 1. The monoisotopic (exact) mass is 477 g/mol. The average molecular weight is 478 g/mol. The molecule has 0 aromatic heterocycles. The van der Waals surface area contributed by atoms with Crippen molar-refractivity contribution in [3.05, 3.63) is 59.2 Å². The number of hydrogen-bond acceptors (Lipinski definition) is 6. The molecule has 2 aromatic rings. The van der Waals surface area contributed by atoms with E-state index in [1.54, 1.807) is 12.1 Å². The summed E-state index contributed by atoms with van der Waals surface area (Å²) in [6.07, 6.45) is 1.24. The number of benzene rings is 2. The third-order valence-electron chi connectivity index (χ3n) is 5.10. The number of nitrogens with one attached hydrogen (secondary N) is 2. The van der Waals surface area contributed by atoms with E-state index in [0.717, 1.165) is 17.5 Å². The fourth-order valence-corrected chi connectivity index (χ4v) is 3.88. The van der Waals surface area contributed by atoms with Crippen LogP contribution < -0.4 is 18.9 Å². The summed E-state index contributed by atoms with van der Waals surface area (Å²) in [7, 11) is 0.260. The molecule has 0 unspecified atom stereocenters. The minimum atomic E-state index is -3.91. The molecule has 0 fully saturated rings. The fourth-order valence-electron chi connectivity index (χ4n) is 3.38. The van der Waals surface area contributed by atoms with Crippen LogP contribution in [0.15, 0.2) is 42.5 Å². The molecule has 0 aliphatic heterocycles. The minimum absolute atomic E-state index is 0.0397. The van der Waals surface area contributed by atoms with E-state index in [9.17, 15) is 18.0 Å². The third kappa shape index (κ3) is 7.47. The van der Waals surface area contributed by atoms with Crippen LogP contribution in [0.5, 0.6) is 11.5 Å². The lowest BCUT2D eigenvalue weighted by molar-refractivity contribution is -0.119. The Hall–Kier alpha value is -3.11. The van der Waals surface area contributed by atoms with E-state index in [4.69, 9.17) is 9.47 Å². The number of aryl methyl sites for hydroxylation is 2. The second kappa shape index (κ2) is 12.2. The molecule has 0 saturated heterocycles. The summed E-state index contributed by atoms with van der Waals surface area (Å²) in [6.45, 7) is 2.26.